The highest BCUT2D eigenvalue weighted by atomic mass is 16.6. The van der Waals surface area contributed by atoms with Gasteiger partial charge in [-0.2, -0.15) is 0 Å². The van der Waals surface area contributed by atoms with E-state index in [1.165, 1.54) is 0 Å². The number of aliphatic carboxylic acids is 1. The second-order valence-electron chi connectivity index (χ2n) is 5.62. The molecule has 15 heavy (non-hydrogen) atoms. The molecule has 86 valence electrons. The van der Waals surface area contributed by atoms with Crippen LogP contribution in [0.1, 0.15) is 34.6 Å². The van der Waals surface area contributed by atoms with Gasteiger partial charge in [0, 0.05) is 12.1 Å². The quantitative estimate of drug-likeness (QED) is 0.577. The molecule has 1 aliphatic carbocycles. The van der Waals surface area contributed by atoms with E-state index in [4.69, 9.17) is 9.94 Å². The first-order valence-corrected chi connectivity index (χ1v) is 5.11. The summed E-state index contributed by atoms with van der Waals surface area (Å²) in [5, 5.41) is 12.8. The third-order valence-electron chi connectivity index (χ3n) is 2.72. The monoisotopic (exact) mass is 213 g/mol. The minimum atomic E-state index is -0.757. The zero-order chi connectivity index (χ0) is 11.9. The van der Waals surface area contributed by atoms with E-state index in [1.807, 2.05) is 34.6 Å². The number of carboxylic acids is 1. The number of hydrogen-bond donors (Lipinski definition) is 1. The molecule has 0 spiro atoms. The number of hydrogen-bond acceptors (Lipinski definition) is 3. The number of nitrogens with zero attached hydrogens (tertiary/aromatic N) is 1. The highest BCUT2D eigenvalue weighted by Gasteiger charge is 2.61. The Kier molecular flexibility index (Phi) is 2.81. The minimum absolute atomic E-state index is 0.0163. The van der Waals surface area contributed by atoms with Crippen LogP contribution < -0.4 is 0 Å². The van der Waals surface area contributed by atoms with E-state index in [0.29, 0.717) is 0 Å². The van der Waals surface area contributed by atoms with E-state index in [2.05, 4.69) is 5.16 Å². The fourth-order valence-corrected chi connectivity index (χ4v) is 1.68. The lowest BCUT2D eigenvalue weighted by atomic mass is 10.1. The molecule has 0 aromatic carbocycles. The third kappa shape index (κ3) is 2.70. The van der Waals surface area contributed by atoms with Crippen molar-refractivity contribution in [3.05, 3.63) is 0 Å². The van der Waals surface area contributed by atoms with Gasteiger partial charge in [-0.1, -0.05) is 19.0 Å². The van der Waals surface area contributed by atoms with Crippen LogP contribution in [0.25, 0.3) is 0 Å². The van der Waals surface area contributed by atoms with Crippen LogP contribution in [0.5, 0.6) is 0 Å². The fourth-order valence-electron chi connectivity index (χ4n) is 1.68. The summed E-state index contributed by atoms with van der Waals surface area (Å²) in [6.45, 7) is 9.56. The molecule has 4 heteroatoms. The lowest BCUT2D eigenvalue weighted by molar-refractivity contribution is -0.139. The summed E-state index contributed by atoms with van der Waals surface area (Å²) in [4.78, 5) is 16.0. The van der Waals surface area contributed by atoms with Crippen molar-refractivity contribution in [3.63, 3.8) is 0 Å². The Morgan fingerprint density at radius 1 is 1.47 bits per heavy atom. The third-order valence-corrected chi connectivity index (χ3v) is 2.72. The van der Waals surface area contributed by atoms with E-state index in [9.17, 15) is 4.79 Å². The molecule has 0 aromatic heterocycles. The van der Waals surface area contributed by atoms with Crippen molar-refractivity contribution in [3.8, 4) is 0 Å². The van der Waals surface area contributed by atoms with Gasteiger partial charge in [-0.05, 0) is 26.2 Å². The van der Waals surface area contributed by atoms with Gasteiger partial charge < -0.3 is 9.94 Å². The minimum Gasteiger partial charge on any atom is -0.481 e. The zero-order valence-corrected chi connectivity index (χ0v) is 9.94. The van der Waals surface area contributed by atoms with Crippen LogP contribution in [-0.4, -0.2) is 22.9 Å². The summed E-state index contributed by atoms with van der Waals surface area (Å²) in [7, 11) is 0. The summed E-state index contributed by atoms with van der Waals surface area (Å²) in [5.41, 5.74) is -0.523. The first-order valence-electron chi connectivity index (χ1n) is 5.11. The van der Waals surface area contributed by atoms with Gasteiger partial charge >= 0.3 is 5.97 Å². The van der Waals surface area contributed by atoms with Gasteiger partial charge in [-0.3, -0.25) is 4.79 Å². The zero-order valence-electron chi connectivity index (χ0n) is 9.94. The summed E-state index contributed by atoms with van der Waals surface area (Å²) >= 11 is 0. The molecule has 0 aromatic rings. The number of carboxylic acid groups (broad SMARTS) is 1. The van der Waals surface area contributed by atoms with E-state index in [-0.39, 0.29) is 22.9 Å². The molecule has 1 aliphatic rings. The van der Waals surface area contributed by atoms with Crippen molar-refractivity contribution in [2.24, 2.45) is 22.4 Å². The molecule has 0 saturated heterocycles. The number of oxime groups is 1. The lowest BCUT2D eigenvalue weighted by Gasteiger charge is -2.14. The molecular formula is C11H19NO3. The molecule has 0 amide bonds. The van der Waals surface area contributed by atoms with Crippen molar-refractivity contribution in [2.75, 3.05) is 0 Å². The van der Waals surface area contributed by atoms with E-state index in [1.54, 1.807) is 6.21 Å². The van der Waals surface area contributed by atoms with Crippen molar-refractivity contribution >= 4 is 12.2 Å². The van der Waals surface area contributed by atoms with Crippen molar-refractivity contribution in [1.82, 2.24) is 0 Å². The first-order chi connectivity index (χ1) is 6.66. The second kappa shape index (κ2) is 3.51. The molecule has 1 rings (SSSR count). The van der Waals surface area contributed by atoms with Gasteiger partial charge in [0.15, 0.2) is 0 Å². The maximum Gasteiger partial charge on any atom is 0.307 e. The average molecular weight is 213 g/mol. The van der Waals surface area contributed by atoms with E-state index in [0.717, 1.165) is 0 Å². The standard InChI is InChI=1S/C11H19NO3/c1-10(2,3)15-12-6-7-8(9(13)14)11(7,4)5/h6-8H,1-5H3,(H,13,14)/t7?,8-/m0/s1. The topological polar surface area (TPSA) is 58.9 Å². The highest BCUT2D eigenvalue weighted by molar-refractivity contribution is 5.84. The van der Waals surface area contributed by atoms with Crippen molar-refractivity contribution in [1.29, 1.82) is 0 Å². The van der Waals surface area contributed by atoms with E-state index < -0.39 is 5.97 Å². The largest absolute Gasteiger partial charge is 0.481 e. The molecule has 2 atom stereocenters. The fraction of sp³-hybridized carbons (Fsp3) is 0.818. The van der Waals surface area contributed by atoms with Crippen LogP contribution in [0.4, 0.5) is 0 Å². The molecule has 1 unspecified atom stereocenters. The summed E-state index contributed by atoms with van der Waals surface area (Å²) in [6, 6.07) is 0. The Morgan fingerprint density at radius 2 is 2.00 bits per heavy atom. The number of carbonyl (C=O) groups is 1. The van der Waals surface area contributed by atoms with Crippen molar-refractivity contribution in [2.45, 2.75) is 40.2 Å². The molecule has 0 radical (unpaired) electrons. The Balaban J connectivity index is 2.52. The maximum absolute atomic E-state index is 10.8. The van der Waals surface area contributed by atoms with Gasteiger partial charge in [-0.15, -0.1) is 0 Å². The van der Waals surface area contributed by atoms with Crippen LogP contribution in [-0.2, 0) is 9.63 Å². The van der Waals surface area contributed by atoms with Crippen molar-refractivity contribution < 1.29 is 14.7 Å². The molecule has 1 N–H and O–H groups in total. The SMILES string of the molecule is CC(C)(C)ON=CC1[C@@H](C(=O)O)C1(C)C. The Morgan fingerprint density at radius 3 is 2.33 bits per heavy atom. The van der Waals surface area contributed by atoms with Crippen LogP contribution in [0.15, 0.2) is 5.16 Å². The molecular weight excluding hydrogens is 194 g/mol. The molecule has 4 nitrogen and oxygen atoms in total. The smallest absolute Gasteiger partial charge is 0.307 e. The average Bonchev–Trinajstić information content (AvgIpc) is 2.50. The van der Waals surface area contributed by atoms with Gasteiger partial charge in [0.1, 0.15) is 5.60 Å². The lowest BCUT2D eigenvalue weighted by Crippen LogP contribution is -2.15. The number of rotatable bonds is 3. The Labute approximate surface area is 90.3 Å². The van der Waals surface area contributed by atoms with Crippen LogP contribution in [0.3, 0.4) is 0 Å². The Bertz CT molecular complexity index is 289. The molecule has 1 fully saturated rings. The molecule has 0 aliphatic heterocycles. The summed E-state index contributed by atoms with van der Waals surface area (Å²) < 4.78 is 0. The molecule has 0 bridgehead atoms. The van der Waals surface area contributed by atoms with Crippen LogP contribution >= 0.6 is 0 Å². The van der Waals surface area contributed by atoms with E-state index >= 15 is 0 Å². The predicted octanol–water partition coefficient (Wildman–Crippen LogP) is 2.14. The van der Waals surface area contributed by atoms with Crippen LogP contribution in [0, 0.1) is 17.3 Å². The highest BCUT2D eigenvalue weighted by Crippen LogP contribution is 2.57. The maximum atomic E-state index is 10.8. The van der Waals surface area contributed by atoms with Gasteiger partial charge in [-0.25, -0.2) is 0 Å². The van der Waals surface area contributed by atoms with Crippen LogP contribution in [0.2, 0.25) is 0 Å². The van der Waals surface area contributed by atoms with Gasteiger partial charge in [0.2, 0.25) is 0 Å². The molecule has 1 saturated carbocycles. The van der Waals surface area contributed by atoms with Gasteiger partial charge in [0.05, 0.1) is 5.92 Å². The van der Waals surface area contributed by atoms with Gasteiger partial charge in [0.25, 0.3) is 0 Å². The summed E-state index contributed by atoms with van der Waals surface area (Å²) in [6.07, 6.45) is 1.62. The first kappa shape index (κ1) is 12.0. The predicted molar refractivity (Wildman–Crippen MR) is 57.7 cm³/mol. The molecule has 0 heterocycles. The summed E-state index contributed by atoms with van der Waals surface area (Å²) in [5.74, 6) is -1.10. The Hall–Kier alpha value is -1.06. The second-order valence-corrected chi connectivity index (χ2v) is 5.62. The normalized spacial score (nSPS) is 29.1.